The van der Waals surface area contributed by atoms with E-state index >= 15 is 0 Å². The summed E-state index contributed by atoms with van der Waals surface area (Å²) in [5.41, 5.74) is 2.90. The zero-order valence-corrected chi connectivity index (χ0v) is 37.3. The summed E-state index contributed by atoms with van der Waals surface area (Å²) >= 11 is 6.63. The highest BCUT2D eigenvalue weighted by Gasteiger charge is 2.47. The number of rotatable bonds is 11. The van der Waals surface area contributed by atoms with Crippen molar-refractivity contribution in [3.63, 3.8) is 0 Å². The fourth-order valence-corrected chi connectivity index (χ4v) is 9.96. The van der Waals surface area contributed by atoms with Gasteiger partial charge in [0.25, 0.3) is 23.3 Å². The van der Waals surface area contributed by atoms with Gasteiger partial charge in [0, 0.05) is 81.5 Å². The molecule has 18 heteroatoms. The highest BCUT2D eigenvalue weighted by molar-refractivity contribution is 6.33. The molecule has 4 aromatic rings. The first kappa shape index (κ1) is 43.2. The Morgan fingerprint density at radius 3 is 2.38 bits per heavy atom. The molecule has 5 aliphatic heterocycles. The van der Waals surface area contributed by atoms with Gasteiger partial charge in [0.15, 0.2) is 18.2 Å². The Morgan fingerprint density at radius 2 is 1.67 bits per heavy atom. The zero-order chi connectivity index (χ0) is 45.0. The van der Waals surface area contributed by atoms with Crippen molar-refractivity contribution in [1.29, 1.82) is 0 Å². The van der Waals surface area contributed by atoms with E-state index in [1.165, 1.54) is 4.90 Å². The molecule has 9 rings (SSSR count). The van der Waals surface area contributed by atoms with Crippen molar-refractivity contribution in [2.24, 2.45) is 11.3 Å². The summed E-state index contributed by atoms with van der Waals surface area (Å²) in [6.45, 7) is 10.2. The van der Waals surface area contributed by atoms with Gasteiger partial charge in [-0.15, -0.1) is 0 Å². The largest absolute Gasteiger partial charge is 0.478 e. The number of amides is 5. The molecule has 5 amide bonds. The van der Waals surface area contributed by atoms with Crippen LogP contribution in [0, 0.1) is 11.3 Å². The highest BCUT2D eigenvalue weighted by atomic mass is 35.5. The summed E-state index contributed by atoms with van der Waals surface area (Å²) in [5, 5.41) is 6.74. The number of carbonyl (C=O) groups excluding carboxylic acids is 5. The number of benzene rings is 2. The molecule has 0 bridgehead atoms. The SMILES string of the molecule is CC(C)n1c(=O)c(OCC(=O)N(C)C)cc2cc(Nc3nc(N4CCC(CN5CCC6(CC5)CN(c5ccc7c(c5)C(=O)N(C5CCC(=O)NC5=O)C7=O)C6)CC4)ncc3Cl)ccc21. The van der Waals surface area contributed by atoms with Gasteiger partial charge in [-0.25, -0.2) is 4.98 Å². The second kappa shape index (κ2) is 17.1. The van der Waals surface area contributed by atoms with E-state index in [1.54, 1.807) is 43.1 Å². The minimum absolute atomic E-state index is 0.0901. The van der Waals surface area contributed by atoms with Crippen LogP contribution in [0.15, 0.2) is 53.5 Å². The molecule has 336 valence electrons. The first-order valence-corrected chi connectivity index (χ1v) is 22.4. The second-order valence-corrected chi connectivity index (χ2v) is 18.8. The van der Waals surface area contributed by atoms with Gasteiger partial charge in [0.2, 0.25) is 17.8 Å². The van der Waals surface area contributed by atoms with Crippen LogP contribution in [-0.4, -0.2) is 131 Å². The summed E-state index contributed by atoms with van der Waals surface area (Å²) in [7, 11) is 3.28. The maximum atomic E-state index is 13.4. The molecule has 1 atom stereocenters. The summed E-state index contributed by atoms with van der Waals surface area (Å²) in [4.78, 5) is 95.2. The van der Waals surface area contributed by atoms with E-state index in [0.29, 0.717) is 33.8 Å². The Morgan fingerprint density at radius 1 is 0.938 bits per heavy atom. The van der Waals surface area contributed by atoms with Gasteiger partial charge in [-0.1, -0.05) is 11.6 Å². The average molecular weight is 893 g/mol. The van der Waals surface area contributed by atoms with Crippen molar-refractivity contribution < 1.29 is 28.7 Å². The summed E-state index contributed by atoms with van der Waals surface area (Å²) in [6.07, 6.45) is 6.10. The van der Waals surface area contributed by atoms with Crippen LogP contribution in [0.1, 0.15) is 79.1 Å². The smallest absolute Gasteiger partial charge is 0.293 e. The summed E-state index contributed by atoms with van der Waals surface area (Å²) < 4.78 is 7.37. The second-order valence-electron chi connectivity index (χ2n) is 18.4. The fraction of sp³-hybridized carbons (Fsp3) is 0.478. The van der Waals surface area contributed by atoms with Gasteiger partial charge < -0.3 is 34.2 Å². The van der Waals surface area contributed by atoms with Crippen LogP contribution in [0.3, 0.4) is 0 Å². The molecule has 17 nitrogen and oxygen atoms in total. The normalized spacial score (nSPS) is 20.2. The number of nitrogens with zero attached hydrogens (tertiary/aromatic N) is 8. The topological polar surface area (TPSA) is 183 Å². The molecule has 1 unspecified atom stereocenters. The number of nitrogens with one attached hydrogen (secondary N) is 2. The quantitative estimate of drug-likeness (QED) is 0.202. The highest BCUT2D eigenvalue weighted by Crippen LogP contribution is 2.44. The zero-order valence-electron chi connectivity index (χ0n) is 36.6. The lowest BCUT2D eigenvalue weighted by atomic mass is 9.71. The lowest BCUT2D eigenvalue weighted by molar-refractivity contribution is -0.136. The van der Waals surface area contributed by atoms with E-state index in [-0.39, 0.29) is 48.1 Å². The molecule has 2 N–H and O–H groups in total. The van der Waals surface area contributed by atoms with Crippen LogP contribution in [0.25, 0.3) is 10.9 Å². The number of likely N-dealkylation sites (N-methyl/N-ethyl adjacent to an activating group) is 1. The van der Waals surface area contributed by atoms with Crippen LogP contribution in [0.2, 0.25) is 5.02 Å². The number of carbonyl (C=O) groups is 5. The van der Waals surface area contributed by atoms with Gasteiger partial charge in [-0.3, -0.25) is 39.0 Å². The first-order valence-electron chi connectivity index (χ1n) is 22.1. The van der Waals surface area contributed by atoms with E-state index in [2.05, 4.69) is 30.3 Å². The summed E-state index contributed by atoms with van der Waals surface area (Å²) in [6, 6.07) is 11.6. The predicted molar refractivity (Wildman–Crippen MR) is 241 cm³/mol. The molecule has 0 radical (unpaired) electrons. The van der Waals surface area contributed by atoms with E-state index in [4.69, 9.17) is 21.3 Å². The Hall–Kier alpha value is -6.07. The Bertz CT molecular complexity index is 2610. The number of pyridine rings is 1. The van der Waals surface area contributed by atoms with Crippen molar-refractivity contribution in [3.8, 4) is 5.75 Å². The molecule has 5 aliphatic rings. The molecule has 64 heavy (non-hydrogen) atoms. The van der Waals surface area contributed by atoms with E-state index < -0.39 is 29.7 Å². The third-order valence-electron chi connectivity index (χ3n) is 13.5. The molecule has 0 saturated carbocycles. The molecule has 4 saturated heterocycles. The van der Waals surface area contributed by atoms with Crippen molar-refractivity contribution in [2.75, 3.05) is 81.6 Å². The van der Waals surface area contributed by atoms with E-state index in [9.17, 15) is 28.8 Å². The number of hydrogen-bond donors (Lipinski definition) is 2. The molecular weight excluding hydrogens is 840 g/mol. The van der Waals surface area contributed by atoms with Crippen LogP contribution in [0.4, 0.5) is 23.1 Å². The molecule has 2 aromatic heterocycles. The average Bonchev–Trinajstić information content (AvgIpc) is 3.50. The van der Waals surface area contributed by atoms with Crippen LogP contribution >= 0.6 is 11.6 Å². The van der Waals surface area contributed by atoms with E-state index in [1.807, 2.05) is 38.1 Å². The first-order chi connectivity index (χ1) is 30.7. The number of hydrogen-bond acceptors (Lipinski definition) is 13. The van der Waals surface area contributed by atoms with Crippen LogP contribution < -0.4 is 30.7 Å². The van der Waals surface area contributed by atoms with Gasteiger partial charge >= 0.3 is 0 Å². The van der Waals surface area contributed by atoms with Gasteiger partial charge in [0.1, 0.15) is 11.1 Å². The lowest BCUT2D eigenvalue weighted by Crippen LogP contribution is -2.60. The predicted octanol–water partition coefficient (Wildman–Crippen LogP) is 4.46. The molecule has 1 spiro atoms. The molecule has 2 aromatic carbocycles. The van der Waals surface area contributed by atoms with Crippen molar-refractivity contribution in [2.45, 2.75) is 64.5 Å². The van der Waals surface area contributed by atoms with Crippen molar-refractivity contribution in [1.82, 2.24) is 34.6 Å². The third kappa shape index (κ3) is 8.26. The number of likely N-dealkylation sites (tertiary alicyclic amines) is 1. The minimum atomic E-state index is -0.975. The lowest BCUT2D eigenvalue weighted by Gasteiger charge is -2.55. The van der Waals surface area contributed by atoms with Crippen LogP contribution in [-0.2, 0) is 14.4 Å². The van der Waals surface area contributed by atoms with Crippen LogP contribution in [0.5, 0.6) is 5.75 Å². The van der Waals surface area contributed by atoms with Gasteiger partial charge in [-0.2, -0.15) is 4.98 Å². The van der Waals surface area contributed by atoms with Crippen molar-refractivity contribution >= 4 is 75.2 Å². The standard InChI is InChI=1S/C46H53ClN10O7/c1-27(2)56-35-8-5-30(19-29(35)20-37(44(56)63)64-24-39(59)52(3)4)49-40-34(47)22-48-45(51-40)54-15-11-28(12-16-54)23-53-17-13-46(14-18-53)25-55(26-46)31-6-7-32-33(21-31)43(62)57(42(32)61)36-9-10-38(58)50-41(36)60/h5-8,19-22,27-28,36H,9-18,23-26H2,1-4H3,(H,48,49,51)(H,50,58,60). The number of anilines is 4. The number of imide groups is 2. The summed E-state index contributed by atoms with van der Waals surface area (Å²) in [5.74, 6) is -0.455. The molecule has 0 aliphatic carbocycles. The number of piperidine rings is 3. The number of ether oxygens (including phenoxy) is 1. The fourth-order valence-electron chi connectivity index (χ4n) is 9.83. The number of fused-ring (bicyclic) bond motifs is 2. The Kier molecular flexibility index (Phi) is 11.6. The Labute approximate surface area is 375 Å². The number of halogens is 1. The molecular formula is C46H53ClN10O7. The minimum Gasteiger partial charge on any atom is -0.478 e. The maximum absolute atomic E-state index is 13.4. The monoisotopic (exact) mass is 892 g/mol. The third-order valence-corrected chi connectivity index (χ3v) is 13.8. The Balaban J connectivity index is 0.766. The van der Waals surface area contributed by atoms with Gasteiger partial charge in [0.05, 0.1) is 22.8 Å². The van der Waals surface area contributed by atoms with Gasteiger partial charge in [-0.05, 0) is 107 Å². The van der Waals surface area contributed by atoms with E-state index in [0.717, 1.165) is 98.7 Å². The molecule has 7 heterocycles. The number of aromatic nitrogens is 3. The van der Waals surface area contributed by atoms with Crippen molar-refractivity contribution in [3.05, 3.63) is 75.2 Å². The maximum Gasteiger partial charge on any atom is 0.293 e. The molecule has 4 fully saturated rings.